The van der Waals surface area contributed by atoms with E-state index in [1.54, 1.807) is 0 Å². The molecule has 1 aromatic rings. The molecular formula is C11H13F5O3Si. The zero-order chi connectivity index (χ0) is 15.5. The summed E-state index contributed by atoms with van der Waals surface area (Å²) in [5.74, 6) is -9.86. The van der Waals surface area contributed by atoms with Crippen LogP contribution in [0.3, 0.4) is 0 Å². The molecule has 0 unspecified atom stereocenters. The van der Waals surface area contributed by atoms with Crippen molar-refractivity contribution in [3.8, 4) is 0 Å². The minimum Gasteiger partial charge on any atom is -0.390 e. The van der Waals surface area contributed by atoms with Crippen molar-refractivity contribution in [1.82, 2.24) is 0 Å². The van der Waals surface area contributed by atoms with E-state index >= 15 is 0 Å². The van der Waals surface area contributed by atoms with Gasteiger partial charge in [-0.05, 0) is 19.3 Å². The second kappa shape index (κ2) is 6.61. The lowest BCUT2D eigenvalue weighted by molar-refractivity contribution is 0.226. The molecule has 0 heterocycles. The third-order valence-electron chi connectivity index (χ3n) is 2.74. The Balaban J connectivity index is 2.66. The lowest BCUT2D eigenvalue weighted by atomic mass is 10.1. The van der Waals surface area contributed by atoms with Crippen molar-refractivity contribution in [2.24, 2.45) is 0 Å². The van der Waals surface area contributed by atoms with Crippen LogP contribution in [0, 0.1) is 29.1 Å². The molecular weight excluding hydrogens is 303 g/mol. The predicted octanol–water partition coefficient (Wildman–Crippen LogP) is 2.01. The minimum absolute atomic E-state index is 0.0861. The molecule has 3 nitrogen and oxygen atoms in total. The summed E-state index contributed by atoms with van der Waals surface area (Å²) in [6, 6.07) is -0.246. The maximum absolute atomic E-state index is 13.3. The van der Waals surface area contributed by atoms with Crippen molar-refractivity contribution in [1.29, 1.82) is 0 Å². The molecule has 0 aliphatic heterocycles. The van der Waals surface area contributed by atoms with Crippen LogP contribution >= 0.6 is 0 Å². The summed E-state index contributed by atoms with van der Waals surface area (Å²) in [5.41, 5.74) is -0.887. The first kappa shape index (κ1) is 17.0. The molecule has 0 fully saturated rings. The van der Waals surface area contributed by atoms with Gasteiger partial charge in [-0.3, -0.25) is 0 Å². The Hall–Kier alpha value is -1.03. The molecule has 0 radical (unpaired) electrons. The first-order valence-electron chi connectivity index (χ1n) is 5.82. The number of hydrogen-bond acceptors (Lipinski definition) is 3. The van der Waals surface area contributed by atoms with Crippen molar-refractivity contribution in [3.63, 3.8) is 0 Å². The van der Waals surface area contributed by atoms with Gasteiger partial charge in [0.15, 0.2) is 23.3 Å². The van der Waals surface area contributed by atoms with E-state index in [4.69, 9.17) is 14.4 Å². The Kier molecular flexibility index (Phi) is 5.63. The van der Waals surface area contributed by atoms with E-state index in [2.05, 4.69) is 0 Å². The van der Waals surface area contributed by atoms with Crippen LogP contribution in [0.1, 0.15) is 24.8 Å². The molecule has 0 spiro atoms. The van der Waals surface area contributed by atoms with Gasteiger partial charge in [-0.25, -0.2) is 22.0 Å². The molecule has 20 heavy (non-hydrogen) atoms. The maximum atomic E-state index is 13.3. The first-order chi connectivity index (χ1) is 9.15. The molecule has 0 saturated heterocycles. The Bertz CT molecular complexity index is 461. The van der Waals surface area contributed by atoms with Crippen LogP contribution in [0.15, 0.2) is 0 Å². The Morgan fingerprint density at radius 1 is 0.650 bits per heavy atom. The number of hydrogen-bond donors (Lipinski definition) is 3. The highest BCUT2D eigenvalue weighted by Crippen LogP contribution is 2.24. The van der Waals surface area contributed by atoms with Gasteiger partial charge >= 0.3 is 8.80 Å². The van der Waals surface area contributed by atoms with Crippen LogP contribution in [-0.2, 0) is 6.42 Å². The highest BCUT2D eigenvalue weighted by molar-refractivity contribution is 6.56. The first-order valence-corrected chi connectivity index (χ1v) is 7.87. The van der Waals surface area contributed by atoms with Crippen molar-refractivity contribution in [3.05, 3.63) is 34.6 Å². The third-order valence-corrected chi connectivity index (χ3v) is 3.76. The van der Waals surface area contributed by atoms with E-state index in [-0.39, 0.29) is 31.7 Å². The number of rotatable bonds is 6. The second-order valence-electron chi connectivity index (χ2n) is 4.38. The summed E-state index contributed by atoms with van der Waals surface area (Å²) < 4.78 is 65.1. The van der Waals surface area contributed by atoms with Crippen LogP contribution < -0.4 is 0 Å². The quantitative estimate of drug-likeness (QED) is 0.247. The molecule has 0 saturated carbocycles. The molecule has 0 bridgehead atoms. The summed E-state index contributed by atoms with van der Waals surface area (Å²) in [5, 5.41) is 0. The Labute approximate surface area is 112 Å². The lowest BCUT2D eigenvalue weighted by Gasteiger charge is -2.10. The van der Waals surface area contributed by atoms with Crippen LogP contribution in [0.5, 0.6) is 0 Å². The predicted molar refractivity (Wildman–Crippen MR) is 61.0 cm³/mol. The molecule has 1 rings (SSSR count). The summed E-state index contributed by atoms with van der Waals surface area (Å²) in [6.45, 7) is 0. The summed E-state index contributed by atoms with van der Waals surface area (Å²) >= 11 is 0. The Morgan fingerprint density at radius 2 is 1.10 bits per heavy atom. The molecule has 114 valence electrons. The van der Waals surface area contributed by atoms with Crippen LogP contribution in [0.4, 0.5) is 22.0 Å². The van der Waals surface area contributed by atoms with E-state index in [1.807, 2.05) is 0 Å². The van der Waals surface area contributed by atoms with Gasteiger partial charge in [-0.15, -0.1) is 0 Å². The van der Waals surface area contributed by atoms with Crippen LogP contribution in [0.2, 0.25) is 6.04 Å². The zero-order valence-corrected chi connectivity index (χ0v) is 11.3. The van der Waals surface area contributed by atoms with E-state index in [9.17, 15) is 22.0 Å². The number of unbranched alkanes of at least 4 members (excludes halogenated alkanes) is 2. The minimum atomic E-state index is -4.15. The monoisotopic (exact) mass is 316 g/mol. The van der Waals surface area contributed by atoms with Crippen molar-refractivity contribution >= 4 is 8.80 Å². The van der Waals surface area contributed by atoms with Gasteiger partial charge in [0.05, 0.1) is 0 Å². The van der Waals surface area contributed by atoms with E-state index in [0.717, 1.165) is 0 Å². The van der Waals surface area contributed by atoms with Crippen molar-refractivity contribution < 1.29 is 36.3 Å². The highest BCUT2D eigenvalue weighted by atomic mass is 28.4. The van der Waals surface area contributed by atoms with Gasteiger partial charge in [0.2, 0.25) is 5.82 Å². The van der Waals surface area contributed by atoms with E-state index < -0.39 is 43.5 Å². The van der Waals surface area contributed by atoms with Gasteiger partial charge < -0.3 is 14.4 Å². The highest BCUT2D eigenvalue weighted by Gasteiger charge is 2.26. The normalized spacial score (nSPS) is 12.0. The van der Waals surface area contributed by atoms with Gasteiger partial charge in [0.1, 0.15) is 0 Å². The number of halogens is 5. The molecule has 1 aromatic carbocycles. The second-order valence-corrected chi connectivity index (χ2v) is 6.43. The smallest absolute Gasteiger partial charge is 0.390 e. The Morgan fingerprint density at radius 3 is 1.55 bits per heavy atom. The SMILES string of the molecule is O[Si](O)(O)CCCCCc1c(F)c(F)c(F)c(F)c1F. The average molecular weight is 316 g/mol. The molecule has 3 N–H and O–H groups in total. The van der Waals surface area contributed by atoms with Crippen molar-refractivity contribution in [2.75, 3.05) is 0 Å². The van der Waals surface area contributed by atoms with Gasteiger partial charge in [-0.1, -0.05) is 6.42 Å². The zero-order valence-electron chi connectivity index (χ0n) is 10.3. The molecule has 9 heteroatoms. The van der Waals surface area contributed by atoms with Crippen LogP contribution in [-0.4, -0.2) is 23.2 Å². The van der Waals surface area contributed by atoms with Gasteiger partial charge in [0, 0.05) is 11.6 Å². The van der Waals surface area contributed by atoms with Crippen LogP contribution in [0.25, 0.3) is 0 Å². The molecule has 0 amide bonds. The summed E-state index contributed by atoms with van der Waals surface area (Å²) in [6.07, 6.45) is 0.131. The lowest BCUT2D eigenvalue weighted by Crippen LogP contribution is -2.33. The average Bonchev–Trinajstić information content (AvgIpc) is 2.36. The molecule has 0 aliphatic carbocycles. The standard InChI is InChI=1S/C11H13F5O3Si/c12-7-6(4-2-1-3-5-20(17,18)19)8(13)10(15)11(16)9(7)14/h17-19H,1-5H2. The van der Waals surface area contributed by atoms with Gasteiger partial charge in [0.25, 0.3) is 0 Å². The maximum Gasteiger partial charge on any atom is 0.492 e. The van der Waals surface area contributed by atoms with Crippen molar-refractivity contribution in [2.45, 2.75) is 31.7 Å². The van der Waals surface area contributed by atoms with E-state index in [1.165, 1.54) is 0 Å². The van der Waals surface area contributed by atoms with E-state index in [0.29, 0.717) is 0 Å². The third kappa shape index (κ3) is 4.23. The molecule has 0 aromatic heterocycles. The molecule has 0 aliphatic rings. The fourth-order valence-corrected chi connectivity index (χ4v) is 2.43. The fraction of sp³-hybridized carbons (Fsp3) is 0.455. The summed E-state index contributed by atoms with van der Waals surface area (Å²) in [7, 11) is -4.15. The molecule has 0 atom stereocenters. The topological polar surface area (TPSA) is 60.7 Å². The number of benzene rings is 1. The largest absolute Gasteiger partial charge is 0.492 e. The summed E-state index contributed by atoms with van der Waals surface area (Å²) in [4.78, 5) is 26.1. The van der Waals surface area contributed by atoms with Gasteiger partial charge in [-0.2, -0.15) is 0 Å². The fourth-order valence-electron chi connectivity index (χ4n) is 1.71.